The number of hydrogen-bond donors (Lipinski definition) is 2. The average molecular weight is 253 g/mol. The van der Waals surface area contributed by atoms with Gasteiger partial charge < -0.3 is 19.9 Å². The van der Waals surface area contributed by atoms with Gasteiger partial charge in [0.05, 0.1) is 12.7 Å². The van der Waals surface area contributed by atoms with Crippen molar-refractivity contribution in [1.82, 2.24) is 5.32 Å². The van der Waals surface area contributed by atoms with Crippen molar-refractivity contribution < 1.29 is 14.6 Å². The quantitative estimate of drug-likeness (QED) is 0.745. The SMILES string of the molecule is CCC(NCC(COC)OC)c1ccccc1O. The standard InChI is InChI=1S/C14H23NO3/c1-4-13(12-7-5-6-8-14(12)16)15-9-11(18-3)10-17-2/h5-8,11,13,15-16H,4,9-10H2,1-3H3. The van der Waals surface area contributed by atoms with Crippen LogP contribution in [0.25, 0.3) is 0 Å². The smallest absolute Gasteiger partial charge is 0.120 e. The van der Waals surface area contributed by atoms with Crippen molar-refractivity contribution in [2.45, 2.75) is 25.5 Å². The Morgan fingerprint density at radius 2 is 2.00 bits per heavy atom. The lowest BCUT2D eigenvalue weighted by atomic mass is 10.0. The van der Waals surface area contributed by atoms with E-state index in [2.05, 4.69) is 12.2 Å². The van der Waals surface area contributed by atoms with Crippen LogP contribution in [0.3, 0.4) is 0 Å². The molecule has 4 nitrogen and oxygen atoms in total. The maximum Gasteiger partial charge on any atom is 0.120 e. The molecule has 0 heterocycles. The fraction of sp³-hybridized carbons (Fsp3) is 0.571. The topological polar surface area (TPSA) is 50.7 Å². The van der Waals surface area contributed by atoms with Crippen LogP contribution in [0.5, 0.6) is 5.75 Å². The zero-order chi connectivity index (χ0) is 13.4. The number of hydrogen-bond acceptors (Lipinski definition) is 4. The summed E-state index contributed by atoms with van der Waals surface area (Å²) in [6.07, 6.45) is 0.927. The van der Waals surface area contributed by atoms with Gasteiger partial charge in [0.1, 0.15) is 5.75 Å². The molecule has 4 heteroatoms. The summed E-state index contributed by atoms with van der Waals surface area (Å²) in [7, 11) is 3.33. The van der Waals surface area contributed by atoms with Crippen molar-refractivity contribution in [3.8, 4) is 5.75 Å². The molecule has 18 heavy (non-hydrogen) atoms. The third-order valence-electron chi connectivity index (χ3n) is 3.00. The zero-order valence-electron chi connectivity index (χ0n) is 11.3. The number of aromatic hydroxyl groups is 1. The summed E-state index contributed by atoms with van der Waals surface area (Å²) in [5.74, 6) is 0.331. The minimum Gasteiger partial charge on any atom is -0.508 e. The number of methoxy groups -OCH3 is 2. The van der Waals surface area contributed by atoms with Gasteiger partial charge in [-0.1, -0.05) is 25.1 Å². The van der Waals surface area contributed by atoms with E-state index in [1.54, 1.807) is 20.3 Å². The monoisotopic (exact) mass is 253 g/mol. The van der Waals surface area contributed by atoms with Crippen LogP contribution in [0, 0.1) is 0 Å². The van der Waals surface area contributed by atoms with Crippen LogP contribution in [-0.4, -0.2) is 38.6 Å². The summed E-state index contributed by atoms with van der Waals surface area (Å²) in [6.45, 7) is 3.33. The number of nitrogens with one attached hydrogen (secondary N) is 1. The summed E-state index contributed by atoms with van der Waals surface area (Å²) in [6, 6.07) is 7.54. The van der Waals surface area contributed by atoms with Crippen molar-refractivity contribution in [2.75, 3.05) is 27.4 Å². The Morgan fingerprint density at radius 1 is 1.28 bits per heavy atom. The first kappa shape index (κ1) is 15.0. The zero-order valence-corrected chi connectivity index (χ0v) is 11.3. The average Bonchev–Trinajstić information content (AvgIpc) is 2.40. The highest BCUT2D eigenvalue weighted by molar-refractivity contribution is 5.34. The summed E-state index contributed by atoms with van der Waals surface area (Å²) in [5.41, 5.74) is 0.923. The number of para-hydroxylation sites is 1. The summed E-state index contributed by atoms with van der Waals surface area (Å²) in [5, 5.41) is 13.2. The van der Waals surface area contributed by atoms with E-state index in [9.17, 15) is 5.11 Å². The number of phenols is 1. The van der Waals surface area contributed by atoms with Gasteiger partial charge >= 0.3 is 0 Å². The Labute approximate surface area is 109 Å². The van der Waals surface area contributed by atoms with Crippen LogP contribution in [0.2, 0.25) is 0 Å². The summed E-state index contributed by atoms with van der Waals surface area (Å²) >= 11 is 0. The van der Waals surface area contributed by atoms with Crippen LogP contribution >= 0.6 is 0 Å². The molecule has 0 spiro atoms. The number of rotatable bonds is 8. The second-order valence-corrected chi connectivity index (χ2v) is 4.24. The predicted octanol–water partition coefficient (Wildman–Crippen LogP) is 2.09. The van der Waals surface area contributed by atoms with Gasteiger partial charge in [-0.15, -0.1) is 0 Å². The van der Waals surface area contributed by atoms with Gasteiger partial charge in [0.2, 0.25) is 0 Å². The van der Waals surface area contributed by atoms with E-state index in [-0.39, 0.29) is 12.1 Å². The largest absolute Gasteiger partial charge is 0.508 e. The molecule has 0 aromatic heterocycles. The highest BCUT2D eigenvalue weighted by Gasteiger charge is 2.15. The molecule has 0 saturated carbocycles. The van der Waals surface area contributed by atoms with Crippen molar-refractivity contribution in [1.29, 1.82) is 0 Å². The molecular weight excluding hydrogens is 230 g/mol. The molecule has 1 aromatic rings. The Morgan fingerprint density at radius 3 is 2.56 bits per heavy atom. The van der Waals surface area contributed by atoms with Crippen molar-refractivity contribution in [3.63, 3.8) is 0 Å². The van der Waals surface area contributed by atoms with Crippen LogP contribution in [-0.2, 0) is 9.47 Å². The molecular formula is C14H23NO3. The highest BCUT2D eigenvalue weighted by Crippen LogP contribution is 2.25. The van der Waals surface area contributed by atoms with Gasteiger partial charge in [-0.05, 0) is 12.5 Å². The lowest BCUT2D eigenvalue weighted by Crippen LogP contribution is -2.34. The molecule has 1 rings (SSSR count). The fourth-order valence-electron chi connectivity index (χ4n) is 1.93. The maximum atomic E-state index is 9.84. The number of phenolic OH excluding ortho intramolecular Hbond substituents is 1. The Balaban J connectivity index is 2.60. The number of ether oxygens (including phenoxy) is 2. The minimum absolute atomic E-state index is 0.0231. The molecule has 0 aliphatic carbocycles. The molecule has 0 amide bonds. The Hall–Kier alpha value is -1.10. The molecule has 2 N–H and O–H groups in total. The van der Waals surface area contributed by atoms with Crippen LogP contribution in [0.15, 0.2) is 24.3 Å². The summed E-state index contributed by atoms with van der Waals surface area (Å²) in [4.78, 5) is 0. The molecule has 2 atom stereocenters. The molecule has 0 saturated heterocycles. The van der Waals surface area contributed by atoms with Crippen molar-refractivity contribution in [3.05, 3.63) is 29.8 Å². The highest BCUT2D eigenvalue weighted by atomic mass is 16.5. The van der Waals surface area contributed by atoms with E-state index >= 15 is 0 Å². The lowest BCUT2D eigenvalue weighted by Gasteiger charge is -2.22. The van der Waals surface area contributed by atoms with E-state index in [1.165, 1.54) is 0 Å². The molecule has 0 fully saturated rings. The normalized spacial score (nSPS) is 14.4. The molecule has 0 aliphatic rings. The van der Waals surface area contributed by atoms with Crippen LogP contribution in [0.4, 0.5) is 0 Å². The van der Waals surface area contributed by atoms with Gasteiger partial charge in [-0.2, -0.15) is 0 Å². The lowest BCUT2D eigenvalue weighted by molar-refractivity contribution is 0.0272. The van der Waals surface area contributed by atoms with Crippen LogP contribution in [0.1, 0.15) is 24.9 Å². The van der Waals surface area contributed by atoms with Gasteiger partial charge in [0.15, 0.2) is 0 Å². The molecule has 0 aliphatic heterocycles. The second kappa shape index (κ2) is 8.08. The van der Waals surface area contributed by atoms with E-state index in [0.29, 0.717) is 18.9 Å². The van der Waals surface area contributed by atoms with E-state index in [4.69, 9.17) is 9.47 Å². The third kappa shape index (κ3) is 4.29. The molecule has 1 aromatic carbocycles. The third-order valence-corrected chi connectivity index (χ3v) is 3.00. The first-order chi connectivity index (χ1) is 8.72. The van der Waals surface area contributed by atoms with E-state index < -0.39 is 0 Å². The van der Waals surface area contributed by atoms with Crippen LogP contribution < -0.4 is 5.32 Å². The maximum absolute atomic E-state index is 9.84. The van der Waals surface area contributed by atoms with Gasteiger partial charge in [-0.3, -0.25) is 0 Å². The molecule has 0 radical (unpaired) electrons. The van der Waals surface area contributed by atoms with E-state index in [1.807, 2.05) is 18.2 Å². The Bertz CT molecular complexity index is 344. The van der Waals surface area contributed by atoms with E-state index in [0.717, 1.165) is 12.0 Å². The van der Waals surface area contributed by atoms with Crippen molar-refractivity contribution >= 4 is 0 Å². The van der Waals surface area contributed by atoms with Gasteiger partial charge in [0.25, 0.3) is 0 Å². The second-order valence-electron chi connectivity index (χ2n) is 4.24. The fourth-order valence-corrected chi connectivity index (χ4v) is 1.93. The summed E-state index contributed by atoms with van der Waals surface area (Å²) < 4.78 is 10.4. The molecule has 2 unspecified atom stereocenters. The minimum atomic E-state index is 0.0231. The van der Waals surface area contributed by atoms with Gasteiger partial charge in [0, 0.05) is 32.4 Å². The van der Waals surface area contributed by atoms with Gasteiger partial charge in [-0.25, -0.2) is 0 Å². The number of benzene rings is 1. The first-order valence-corrected chi connectivity index (χ1v) is 6.25. The first-order valence-electron chi connectivity index (χ1n) is 6.25. The molecule has 0 bridgehead atoms. The molecule has 102 valence electrons. The predicted molar refractivity (Wildman–Crippen MR) is 71.8 cm³/mol. The Kier molecular flexibility index (Phi) is 6.72. The van der Waals surface area contributed by atoms with Crippen molar-refractivity contribution in [2.24, 2.45) is 0 Å².